The fraction of sp³-hybridized carbons (Fsp3) is 0.469. The van der Waals surface area contributed by atoms with E-state index in [-0.39, 0.29) is 29.1 Å². The lowest BCUT2D eigenvalue weighted by Gasteiger charge is -2.30. The molecule has 1 saturated heterocycles. The van der Waals surface area contributed by atoms with Crippen molar-refractivity contribution in [2.45, 2.75) is 50.9 Å². The predicted molar refractivity (Wildman–Crippen MR) is 156 cm³/mol. The van der Waals surface area contributed by atoms with Gasteiger partial charge in [-0.25, -0.2) is 13.4 Å². The second-order valence-corrected chi connectivity index (χ2v) is 14.0. The van der Waals surface area contributed by atoms with E-state index in [4.69, 9.17) is 14.1 Å². The molecule has 0 radical (unpaired) electrons. The molecule has 3 aliphatic rings. The van der Waals surface area contributed by atoms with E-state index in [1.165, 1.54) is 0 Å². The first-order chi connectivity index (χ1) is 19.8. The summed E-state index contributed by atoms with van der Waals surface area (Å²) in [6.45, 7) is 0.954. The van der Waals surface area contributed by atoms with E-state index in [9.17, 15) is 18.5 Å². The number of hydrogen-bond acceptors (Lipinski definition) is 8. The number of methoxy groups -OCH3 is 1. The number of rotatable bonds is 8. The Morgan fingerprint density at radius 1 is 1.10 bits per heavy atom. The number of para-hydroxylation sites is 1. The molecule has 3 aromatic rings. The molecule has 41 heavy (non-hydrogen) atoms. The molecule has 0 amide bonds. The Bertz CT molecular complexity index is 1570. The fourth-order valence-corrected chi connectivity index (χ4v) is 7.50. The zero-order valence-corrected chi connectivity index (χ0v) is 24.2. The summed E-state index contributed by atoms with van der Waals surface area (Å²) in [4.78, 5) is 20.7. The summed E-state index contributed by atoms with van der Waals surface area (Å²) in [5.74, 6) is 1.97. The number of benzene rings is 2. The van der Waals surface area contributed by atoms with Crippen LogP contribution >= 0.6 is 0 Å². The number of anilines is 1. The van der Waals surface area contributed by atoms with Crippen LogP contribution in [0.4, 0.5) is 5.69 Å². The van der Waals surface area contributed by atoms with Crippen molar-refractivity contribution in [3.8, 4) is 34.5 Å². The standard InChI is InChI=1S/C32H35N3O5S/c1-39-28-9-5-4-8-26(28)31-34-29(22-10-12-23(13-11-22)35-16-18-41(37,38)19-17-35)30(40-31)25-7-3-2-6-24(25)27(36)20-32(21-33)14-15-32/h4-5,8-13,24-25H,2-3,6-7,14-20H2,1H3/t24-,25-/m1/s1. The van der Waals surface area contributed by atoms with Crippen LogP contribution in [-0.4, -0.2) is 50.9 Å². The van der Waals surface area contributed by atoms with Gasteiger partial charge in [0, 0.05) is 42.6 Å². The maximum atomic E-state index is 13.6. The van der Waals surface area contributed by atoms with E-state index in [1.807, 2.05) is 48.5 Å². The number of oxazole rings is 1. The predicted octanol–water partition coefficient (Wildman–Crippen LogP) is 5.79. The van der Waals surface area contributed by atoms with Gasteiger partial charge in [0.2, 0.25) is 5.89 Å². The van der Waals surface area contributed by atoms with Gasteiger partial charge in [-0.05, 0) is 49.9 Å². The Morgan fingerprint density at radius 2 is 1.80 bits per heavy atom. The van der Waals surface area contributed by atoms with E-state index in [1.54, 1.807) is 7.11 Å². The lowest BCUT2D eigenvalue weighted by Crippen LogP contribution is -2.40. The van der Waals surface area contributed by atoms with E-state index >= 15 is 0 Å². The van der Waals surface area contributed by atoms with E-state index in [0.717, 1.165) is 55.3 Å². The van der Waals surface area contributed by atoms with Crippen molar-refractivity contribution in [1.29, 1.82) is 5.26 Å². The molecule has 0 unspecified atom stereocenters. The summed E-state index contributed by atoms with van der Waals surface area (Å²) >= 11 is 0. The first-order valence-electron chi connectivity index (χ1n) is 14.5. The minimum absolute atomic E-state index is 0.122. The Labute approximate surface area is 241 Å². The maximum Gasteiger partial charge on any atom is 0.230 e. The Hall–Kier alpha value is -3.64. The molecule has 6 rings (SSSR count). The molecule has 9 heteroatoms. The van der Waals surface area contributed by atoms with Gasteiger partial charge in [0.05, 0.1) is 35.7 Å². The molecular weight excluding hydrogens is 538 g/mol. The number of ether oxygens (including phenoxy) is 1. The molecule has 0 N–H and O–H groups in total. The molecule has 214 valence electrons. The number of Topliss-reactive ketones (excluding diaryl/α,β-unsaturated/α-hetero) is 1. The second kappa shape index (κ2) is 11.0. The number of nitriles is 1. The van der Waals surface area contributed by atoms with Crippen molar-refractivity contribution in [3.63, 3.8) is 0 Å². The molecule has 1 aromatic heterocycles. The molecule has 2 atom stereocenters. The van der Waals surface area contributed by atoms with Crippen LogP contribution in [0.5, 0.6) is 5.75 Å². The van der Waals surface area contributed by atoms with Crippen molar-refractivity contribution in [2.75, 3.05) is 36.6 Å². The summed E-state index contributed by atoms with van der Waals surface area (Å²) < 4.78 is 36.0. The van der Waals surface area contributed by atoms with Crippen LogP contribution in [0, 0.1) is 22.7 Å². The van der Waals surface area contributed by atoms with Gasteiger partial charge in [0.1, 0.15) is 23.0 Å². The maximum absolute atomic E-state index is 13.6. The molecule has 1 aliphatic heterocycles. The Morgan fingerprint density at radius 3 is 2.49 bits per heavy atom. The summed E-state index contributed by atoms with van der Waals surface area (Å²) in [7, 11) is -1.35. The zero-order valence-electron chi connectivity index (χ0n) is 23.3. The quantitative estimate of drug-likeness (QED) is 0.333. The van der Waals surface area contributed by atoms with Crippen LogP contribution in [0.3, 0.4) is 0 Å². The normalized spacial score (nSPS) is 23.0. The minimum atomic E-state index is -2.96. The molecule has 0 spiro atoms. The summed E-state index contributed by atoms with van der Waals surface area (Å²) in [6.07, 6.45) is 5.50. The average molecular weight is 574 g/mol. The molecule has 3 fully saturated rings. The van der Waals surface area contributed by atoms with Gasteiger partial charge < -0.3 is 14.1 Å². The van der Waals surface area contributed by atoms with Gasteiger partial charge in [-0.15, -0.1) is 0 Å². The Balaban J connectivity index is 1.37. The lowest BCUT2D eigenvalue weighted by atomic mass is 9.73. The third-order valence-corrected chi connectivity index (χ3v) is 10.6. The van der Waals surface area contributed by atoms with E-state index in [0.29, 0.717) is 42.6 Å². The molecular formula is C32H35N3O5S. The topological polar surface area (TPSA) is 113 Å². The monoisotopic (exact) mass is 573 g/mol. The van der Waals surface area contributed by atoms with E-state index in [2.05, 4.69) is 11.0 Å². The van der Waals surface area contributed by atoms with Crippen molar-refractivity contribution >= 4 is 21.3 Å². The van der Waals surface area contributed by atoms with Gasteiger partial charge >= 0.3 is 0 Å². The van der Waals surface area contributed by atoms with Crippen LogP contribution in [0.1, 0.15) is 56.6 Å². The van der Waals surface area contributed by atoms with Crippen molar-refractivity contribution in [1.82, 2.24) is 4.98 Å². The first-order valence-corrected chi connectivity index (χ1v) is 16.3. The van der Waals surface area contributed by atoms with Crippen molar-refractivity contribution in [2.24, 2.45) is 11.3 Å². The third-order valence-electron chi connectivity index (χ3n) is 8.96. The van der Waals surface area contributed by atoms with Crippen molar-refractivity contribution in [3.05, 3.63) is 54.3 Å². The summed E-state index contributed by atoms with van der Waals surface area (Å²) in [5, 5.41) is 9.62. The molecule has 0 bridgehead atoms. The number of ketones is 1. The zero-order chi connectivity index (χ0) is 28.6. The highest BCUT2D eigenvalue weighted by molar-refractivity contribution is 7.91. The van der Waals surface area contributed by atoms with Crippen LogP contribution in [0.15, 0.2) is 52.9 Å². The smallest absolute Gasteiger partial charge is 0.230 e. The number of hydrogen-bond donors (Lipinski definition) is 0. The summed E-state index contributed by atoms with van der Waals surface area (Å²) in [6, 6.07) is 18.0. The van der Waals surface area contributed by atoms with Gasteiger partial charge in [-0.1, -0.05) is 37.1 Å². The van der Waals surface area contributed by atoms with Crippen LogP contribution < -0.4 is 9.64 Å². The van der Waals surface area contributed by atoms with Gasteiger partial charge in [-0.2, -0.15) is 5.26 Å². The van der Waals surface area contributed by atoms with Crippen LogP contribution in [-0.2, 0) is 14.6 Å². The summed E-state index contributed by atoms with van der Waals surface area (Å²) in [5.41, 5.74) is 2.83. The largest absolute Gasteiger partial charge is 0.496 e. The Kier molecular flexibility index (Phi) is 7.37. The molecule has 8 nitrogen and oxygen atoms in total. The molecule has 2 aromatic carbocycles. The molecule has 2 heterocycles. The highest BCUT2D eigenvalue weighted by Crippen LogP contribution is 2.51. The van der Waals surface area contributed by atoms with Gasteiger partial charge in [-0.3, -0.25) is 4.79 Å². The number of sulfone groups is 1. The molecule has 2 aliphatic carbocycles. The number of nitrogens with zero attached hydrogens (tertiary/aromatic N) is 3. The van der Waals surface area contributed by atoms with Crippen molar-refractivity contribution < 1.29 is 22.4 Å². The second-order valence-electron chi connectivity index (χ2n) is 11.7. The third kappa shape index (κ3) is 5.62. The van der Waals surface area contributed by atoms with E-state index < -0.39 is 15.3 Å². The van der Waals surface area contributed by atoms with Crippen LogP contribution in [0.2, 0.25) is 0 Å². The number of carbonyl (C=O) groups is 1. The number of carbonyl (C=O) groups excluding carboxylic acids is 1. The highest BCUT2D eigenvalue weighted by Gasteiger charge is 2.47. The fourth-order valence-electron chi connectivity index (χ4n) is 6.30. The lowest BCUT2D eigenvalue weighted by molar-refractivity contribution is -0.125. The average Bonchev–Trinajstić information content (AvgIpc) is 3.63. The van der Waals surface area contributed by atoms with Gasteiger partial charge in [0.15, 0.2) is 9.84 Å². The molecule has 2 saturated carbocycles. The van der Waals surface area contributed by atoms with Crippen LogP contribution in [0.25, 0.3) is 22.7 Å². The minimum Gasteiger partial charge on any atom is -0.496 e. The highest BCUT2D eigenvalue weighted by atomic mass is 32.2. The SMILES string of the molecule is COc1ccccc1-c1nc(-c2ccc(N3CCS(=O)(=O)CC3)cc2)c([C@@H]2CCCC[C@H]2C(=O)CC2(C#N)CC2)o1. The first kappa shape index (κ1) is 27.5. The number of aromatic nitrogens is 1. The van der Waals surface area contributed by atoms with Gasteiger partial charge in [0.25, 0.3) is 0 Å².